The number of carboxylic acids is 1. The molecule has 1 aromatic heterocycles. The number of hydrogen-bond donors (Lipinski definition) is 2. The van der Waals surface area contributed by atoms with Crippen molar-refractivity contribution in [2.24, 2.45) is 0 Å². The van der Waals surface area contributed by atoms with Gasteiger partial charge in [0.2, 0.25) is 11.7 Å². The van der Waals surface area contributed by atoms with E-state index >= 15 is 0 Å². The third-order valence-corrected chi connectivity index (χ3v) is 5.64. The number of methoxy groups -OCH3 is 1. The lowest BCUT2D eigenvalue weighted by Gasteiger charge is -2.36. The van der Waals surface area contributed by atoms with Crippen LogP contribution < -0.4 is 14.8 Å². The summed E-state index contributed by atoms with van der Waals surface area (Å²) in [6.07, 6.45) is 0. The van der Waals surface area contributed by atoms with Crippen LogP contribution in [0.4, 0.5) is 8.78 Å². The number of nitrogens with zero attached hydrogens (tertiary/aromatic N) is 1. The number of fused-ring (bicyclic) bond motifs is 3. The zero-order valence-corrected chi connectivity index (χ0v) is 18.2. The number of carbonyl (C=O) groups excluding carboxylic acids is 2. The molecule has 2 heterocycles. The Balaban J connectivity index is 1.69. The second kappa shape index (κ2) is 8.65. The molecule has 11 heteroatoms. The Morgan fingerprint density at radius 1 is 1.26 bits per heavy atom. The van der Waals surface area contributed by atoms with Gasteiger partial charge in [0.15, 0.2) is 11.3 Å². The molecule has 1 aliphatic rings. The van der Waals surface area contributed by atoms with Gasteiger partial charge in [-0.1, -0.05) is 6.07 Å². The lowest BCUT2D eigenvalue weighted by atomic mass is 9.99. The maximum atomic E-state index is 14.3. The Kier molecular flexibility index (Phi) is 5.86. The van der Waals surface area contributed by atoms with Crippen LogP contribution in [-0.4, -0.2) is 53.6 Å². The minimum atomic E-state index is -1.82. The first-order valence-corrected chi connectivity index (χ1v) is 10.1. The number of carbonyl (C=O) groups is 3. The summed E-state index contributed by atoms with van der Waals surface area (Å²) in [4.78, 5) is 38.9. The molecule has 2 aromatic carbocycles. The molecule has 9 nitrogen and oxygen atoms in total. The van der Waals surface area contributed by atoms with Gasteiger partial charge in [0, 0.05) is 12.1 Å². The Labute approximate surface area is 191 Å². The molecule has 0 fully saturated rings. The van der Waals surface area contributed by atoms with Crippen LogP contribution in [0.3, 0.4) is 0 Å². The van der Waals surface area contributed by atoms with Gasteiger partial charge in [-0.15, -0.1) is 0 Å². The fourth-order valence-electron chi connectivity index (χ4n) is 3.80. The largest absolute Gasteiger partial charge is 0.496 e. The number of benzene rings is 2. The number of ether oxygens (including phenoxy) is 2. The number of carboxylic acid groups (broad SMARTS) is 1. The summed E-state index contributed by atoms with van der Waals surface area (Å²) in [5.74, 6) is -4.56. The average molecular weight is 474 g/mol. The summed E-state index contributed by atoms with van der Waals surface area (Å²) in [6, 6.07) is 7.72. The normalized spacial score (nSPS) is 17.6. The average Bonchev–Trinajstić information content (AvgIpc) is 3.12. The second-order valence-corrected chi connectivity index (χ2v) is 7.85. The molecule has 1 atom stereocenters. The standard InChI is InChI=1S/C23H20F2N2O7/c1-23(22(31)26-9-14-15(25)4-3-5-16(14)32-2)11-33-19-13-8-12(24)6-7-17(13)34-20(19)21(30)27(23)10-18(28)29/h3-8H,9-11H2,1-2H3,(H,26,31)(H,28,29). The Morgan fingerprint density at radius 3 is 2.74 bits per heavy atom. The number of amides is 2. The molecular weight excluding hydrogens is 454 g/mol. The Bertz CT molecular complexity index is 1310. The first kappa shape index (κ1) is 23.0. The van der Waals surface area contributed by atoms with Crippen LogP contribution in [0.5, 0.6) is 11.5 Å². The van der Waals surface area contributed by atoms with E-state index < -0.39 is 48.1 Å². The smallest absolute Gasteiger partial charge is 0.323 e. The van der Waals surface area contributed by atoms with Crippen molar-refractivity contribution in [2.45, 2.75) is 19.0 Å². The van der Waals surface area contributed by atoms with E-state index in [-0.39, 0.29) is 40.3 Å². The number of rotatable bonds is 6. The predicted molar refractivity (Wildman–Crippen MR) is 114 cm³/mol. The molecule has 1 aliphatic heterocycles. The van der Waals surface area contributed by atoms with E-state index in [4.69, 9.17) is 13.9 Å². The molecular formula is C23H20F2N2O7. The van der Waals surface area contributed by atoms with Crippen molar-refractivity contribution >= 4 is 28.8 Å². The molecule has 0 spiro atoms. The van der Waals surface area contributed by atoms with Crippen molar-refractivity contribution in [1.82, 2.24) is 10.2 Å². The van der Waals surface area contributed by atoms with Gasteiger partial charge < -0.3 is 29.2 Å². The van der Waals surface area contributed by atoms with Crippen LogP contribution in [-0.2, 0) is 16.1 Å². The maximum absolute atomic E-state index is 14.3. The van der Waals surface area contributed by atoms with Gasteiger partial charge in [-0.3, -0.25) is 14.4 Å². The molecule has 2 N–H and O–H groups in total. The molecule has 34 heavy (non-hydrogen) atoms. The molecule has 3 aromatic rings. The number of halogens is 2. The van der Waals surface area contributed by atoms with Crippen LogP contribution in [0.1, 0.15) is 23.0 Å². The topological polar surface area (TPSA) is 118 Å². The van der Waals surface area contributed by atoms with Crippen LogP contribution in [0.15, 0.2) is 40.8 Å². The van der Waals surface area contributed by atoms with E-state index in [9.17, 15) is 28.3 Å². The summed E-state index contributed by atoms with van der Waals surface area (Å²) in [6.45, 7) is -0.294. The fourth-order valence-corrected chi connectivity index (χ4v) is 3.80. The molecule has 4 rings (SSSR count). The molecule has 178 valence electrons. The van der Waals surface area contributed by atoms with Crippen molar-refractivity contribution in [3.8, 4) is 11.5 Å². The fraction of sp³-hybridized carbons (Fsp3) is 0.261. The lowest BCUT2D eigenvalue weighted by molar-refractivity contribution is -0.142. The third-order valence-electron chi connectivity index (χ3n) is 5.64. The number of furan rings is 1. The van der Waals surface area contributed by atoms with Crippen molar-refractivity contribution in [3.63, 3.8) is 0 Å². The molecule has 0 radical (unpaired) electrons. The van der Waals surface area contributed by atoms with Gasteiger partial charge in [-0.2, -0.15) is 0 Å². The van der Waals surface area contributed by atoms with Gasteiger partial charge in [0.05, 0.1) is 12.5 Å². The third kappa shape index (κ3) is 3.89. The van der Waals surface area contributed by atoms with Crippen LogP contribution >= 0.6 is 0 Å². The van der Waals surface area contributed by atoms with Crippen molar-refractivity contribution in [1.29, 1.82) is 0 Å². The van der Waals surface area contributed by atoms with Crippen molar-refractivity contribution < 1.29 is 42.2 Å². The number of hydrogen-bond acceptors (Lipinski definition) is 6. The summed E-state index contributed by atoms with van der Waals surface area (Å²) >= 11 is 0. The minimum absolute atomic E-state index is 0.0703. The van der Waals surface area contributed by atoms with E-state index in [0.29, 0.717) is 0 Å². The van der Waals surface area contributed by atoms with Gasteiger partial charge in [0.25, 0.3) is 5.91 Å². The highest BCUT2D eigenvalue weighted by atomic mass is 19.1. The molecule has 0 saturated carbocycles. The second-order valence-electron chi connectivity index (χ2n) is 7.85. The zero-order chi connectivity index (χ0) is 24.6. The quantitative estimate of drug-likeness (QED) is 0.564. The minimum Gasteiger partial charge on any atom is -0.496 e. The zero-order valence-electron chi connectivity index (χ0n) is 18.2. The highest BCUT2D eigenvalue weighted by Gasteiger charge is 2.48. The molecule has 0 bridgehead atoms. The Hall–Kier alpha value is -4.15. The highest BCUT2D eigenvalue weighted by Crippen LogP contribution is 2.38. The molecule has 0 aliphatic carbocycles. The lowest BCUT2D eigenvalue weighted by Crippen LogP contribution is -2.62. The molecule has 0 saturated heterocycles. The summed E-state index contributed by atoms with van der Waals surface area (Å²) < 4.78 is 44.4. The summed E-state index contributed by atoms with van der Waals surface area (Å²) in [5, 5.41) is 12.1. The monoisotopic (exact) mass is 474 g/mol. The van der Waals surface area contributed by atoms with E-state index in [1.165, 1.54) is 38.3 Å². The van der Waals surface area contributed by atoms with Gasteiger partial charge in [-0.25, -0.2) is 8.78 Å². The van der Waals surface area contributed by atoms with Crippen LogP contribution in [0.25, 0.3) is 11.0 Å². The first-order valence-electron chi connectivity index (χ1n) is 10.1. The number of nitrogens with one attached hydrogen (secondary N) is 1. The van der Waals surface area contributed by atoms with Gasteiger partial charge in [-0.05, 0) is 37.3 Å². The van der Waals surface area contributed by atoms with E-state index in [1.54, 1.807) is 0 Å². The summed E-state index contributed by atoms with van der Waals surface area (Å²) in [5.41, 5.74) is -1.59. The van der Waals surface area contributed by atoms with E-state index in [0.717, 1.165) is 17.0 Å². The highest BCUT2D eigenvalue weighted by molar-refractivity contribution is 6.05. The maximum Gasteiger partial charge on any atom is 0.323 e. The van der Waals surface area contributed by atoms with Gasteiger partial charge in [0.1, 0.15) is 36.1 Å². The summed E-state index contributed by atoms with van der Waals surface area (Å²) in [7, 11) is 1.35. The first-order chi connectivity index (χ1) is 16.2. The van der Waals surface area contributed by atoms with Crippen molar-refractivity contribution in [3.05, 3.63) is 59.4 Å². The van der Waals surface area contributed by atoms with Gasteiger partial charge >= 0.3 is 5.97 Å². The Morgan fingerprint density at radius 2 is 2.03 bits per heavy atom. The van der Waals surface area contributed by atoms with E-state index in [1.807, 2.05) is 0 Å². The van der Waals surface area contributed by atoms with Crippen LogP contribution in [0, 0.1) is 11.6 Å². The molecule has 1 unspecified atom stereocenters. The molecule has 2 amide bonds. The predicted octanol–water partition coefficient (Wildman–Crippen LogP) is 2.71. The number of aliphatic carboxylic acids is 1. The van der Waals surface area contributed by atoms with Crippen LogP contribution in [0.2, 0.25) is 0 Å². The SMILES string of the molecule is COc1cccc(F)c1CNC(=O)C1(C)COc2c(oc3ccc(F)cc23)C(=O)N1CC(=O)O. The van der Waals surface area contributed by atoms with E-state index in [2.05, 4.69) is 5.32 Å². The van der Waals surface area contributed by atoms with Crippen molar-refractivity contribution in [2.75, 3.05) is 20.3 Å².